The SMILES string of the molecule is COC(OC)C(=O)Cc1ccc(Cl)cc1F. The van der Waals surface area contributed by atoms with Crippen LogP contribution in [0.5, 0.6) is 0 Å². The number of rotatable bonds is 5. The summed E-state index contributed by atoms with van der Waals surface area (Å²) in [5.41, 5.74) is 0.272. The van der Waals surface area contributed by atoms with Gasteiger partial charge in [-0.15, -0.1) is 0 Å². The number of methoxy groups -OCH3 is 2. The molecule has 16 heavy (non-hydrogen) atoms. The summed E-state index contributed by atoms with van der Waals surface area (Å²) in [6.07, 6.45) is -1.05. The molecule has 1 rings (SSSR count). The summed E-state index contributed by atoms with van der Waals surface area (Å²) in [6, 6.07) is 4.17. The maximum Gasteiger partial charge on any atom is 0.217 e. The van der Waals surface area contributed by atoms with E-state index in [0.717, 1.165) is 0 Å². The smallest absolute Gasteiger partial charge is 0.217 e. The molecular formula is C11H12ClFO3. The van der Waals surface area contributed by atoms with Gasteiger partial charge in [0, 0.05) is 25.7 Å². The predicted molar refractivity (Wildman–Crippen MR) is 57.9 cm³/mol. The first-order valence-electron chi connectivity index (χ1n) is 4.60. The van der Waals surface area contributed by atoms with E-state index in [9.17, 15) is 9.18 Å². The van der Waals surface area contributed by atoms with Crippen molar-refractivity contribution in [2.75, 3.05) is 14.2 Å². The van der Waals surface area contributed by atoms with E-state index in [1.165, 1.54) is 32.4 Å². The van der Waals surface area contributed by atoms with Crippen LogP contribution < -0.4 is 0 Å². The van der Waals surface area contributed by atoms with E-state index >= 15 is 0 Å². The number of carbonyl (C=O) groups excluding carboxylic acids is 1. The summed E-state index contributed by atoms with van der Waals surface area (Å²) >= 11 is 5.60. The van der Waals surface area contributed by atoms with Gasteiger partial charge >= 0.3 is 0 Å². The van der Waals surface area contributed by atoms with E-state index in [1.807, 2.05) is 0 Å². The van der Waals surface area contributed by atoms with Crippen LogP contribution in [0.15, 0.2) is 18.2 Å². The fraction of sp³-hybridized carbons (Fsp3) is 0.364. The van der Waals surface area contributed by atoms with Crippen LogP contribution in [0.3, 0.4) is 0 Å². The highest BCUT2D eigenvalue weighted by atomic mass is 35.5. The molecule has 0 spiro atoms. The Morgan fingerprint density at radius 3 is 2.56 bits per heavy atom. The molecule has 88 valence electrons. The molecule has 0 atom stereocenters. The molecule has 0 aliphatic heterocycles. The lowest BCUT2D eigenvalue weighted by molar-refractivity contribution is -0.155. The van der Waals surface area contributed by atoms with Gasteiger partial charge in [0.1, 0.15) is 5.82 Å². The van der Waals surface area contributed by atoms with Crippen molar-refractivity contribution in [2.45, 2.75) is 12.7 Å². The first kappa shape index (κ1) is 13.1. The van der Waals surface area contributed by atoms with Gasteiger partial charge in [0.2, 0.25) is 6.29 Å². The van der Waals surface area contributed by atoms with Gasteiger partial charge < -0.3 is 9.47 Å². The summed E-state index contributed by atoms with van der Waals surface area (Å²) in [7, 11) is 2.70. The summed E-state index contributed by atoms with van der Waals surface area (Å²) < 4.78 is 22.9. The van der Waals surface area contributed by atoms with Crippen molar-refractivity contribution >= 4 is 17.4 Å². The zero-order valence-corrected chi connectivity index (χ0v) is 9.75. The van der Waals surface area contributed by atoms with Crippen molar-refractivity contribution < 1.29 is 18.7 Å². The number of hydrogen-bond acceptors (Lipinski definition) is 3. The van der Waals surface area contributed by atoms with Crippen molar-refractivity contribution in [3.05, 3.63) is 34.6 Å². The predicted octanol–water partition coefficient (Wildman–Crippen LogP) is 2.21. The highest BCUT2D eigenvalue weighted by Crippen LogP contribution is 2.16. The molecule has 0 fully saturated rings. The van der Waals surface area contributed by atoms with Crippen molar-refractivity contribution in [3.63, 3.8) is 0 Å². The number of ketones is 1. The molecule has 0 aromatic heterocycles. The van der Waals surface area contributed by atoms with Crippen LogP contribution in [0.25, 0.3) is 0 Å². The standard InChI is InChI=1S/C11H12ClFO3/c1-15-11(16-2)10(14)5-7-3-4-8(12)6-9(7)13/h3-4,6,11H,5H2,1-2H3. The molecule has 0 aliphatic rings. The van der Waals surface area contributed by atoms with Gasteiger partial charge in [0.25, 0.3) is 0 Å². The molecule has 5 heteroatoms. The van der Waals surface area contributed by atoms with Crippen LogP contribution in [-0.2, 0) is 20.7 Å². The van der Waals surface area contributed by atoms with Crippen LogP contribution in [0.4, 0.5) is 4.39 Å². The van der Waals surface area contributed by atoms with Gasteiger partial charge in [0.05, 0.1) is 0 Å². The second-order valence-corrected chi connectivity index (χ2v) is 3.62. The molecule has 3 nitrogen and oxygen atoms in total. The highest BCUT2D eigenvalue weighted by molar-refractivity contribution is 6.30. The molecule has 0 heterocycles. The minimum absolute atomic E-state index is 0.0879. The van der Waals surface area contributed by atoms with Crippen LogP contribution >= 0.6 is 11.6 Å². The average molecular weight is 247 g/mol. The third kappa shape index (κ3) is 3.27. The van der Waals surface area contributed by atoms with E-state index in [1.54, 1.807) is 0 Å². The molecule has 0 saturated carbocycles. The number of benzene rings is 1. The molecule has 0 N–H and O–H groups in total. The molecule has 1 aromatic rings. The Morgan fingerprint density at radius 1 is 1.44 bits per heavy atom. The number of halogens is 2. The number of hydrogen-bond donors (Lipinski definition) is 0. The Hall–Kier alpha value is -0.970. The molecule has 0 radical (unpaired) electrons. The van der Waals surface area contributed by atoms with Crippen LogP contribution in [0, 0.1) is 5.82 Å². The monoisotopic (exact) mass is 246 g/mol. The molecular weight excluding hydrogens is 235 g/mol. The summed E-state index contributed by atoms with van der Waals surface area (Å²) in [6.45, 7) is 0. The van der Waals surface area contributed by atoms with Crippen LogP contribution in [0.2, 0.25) is 5.02 Å². The Balaban J connectivity index is 2.76. The number of carbonyl (C=O) groups is 1. The highest BCUT2D eigenvalue weighted by Gasteiger charge is 2.18. The van der Waals surface area contributed by atoms with Crippen LogP contribution in [-0.4, -0.2) is 26.3 Å². The molecule has 1 aromatic carbocycles. The zero-order valence-electron chi connectivity index (χ0n) is 9.00. The van der Waals surface area contributed by atoms with E-state index < -0.39 is 12.1 Å². The Labute approximate surface area is 98.1 Å². The fourth-order valence-corrected chi connectivity index (χ4v) is 1.45. The third-order valence-corrected chi connectivity index (χ3v) is 2.31. The van der Waals surface area contributed by atoms with E-state index in [2.05, 4.69) is 0 Å². The number of Topliss-reactive ketones (excluding diaryl/α,β-unsaturated/α-hetero) is 1. The zero-order chi connectivity index (χ0) is 12.1. The van der Waals surface area contributed by atoms with Gasteiger partial charge in [-0.3, -0.25) is 4.79 Å². The normalized spacial score (nSPS) is 10.8. The van der Waals surface area contributed by atoms with Crippen molar-refractivity contribution in [2.24, 2.45) is 0 Å². The van der Waals surface area contributed by atoms with E-state index in [4.69, 9.17) is 21.1 Å². The summed E-state index contributed by atoms with van der Waals surface area (Å²) in [5, 5.41) is 0.295. The lowest BCUT2D eigenvalue weighted by atomic mass is 10.1. The topological polar surface area (TPSA) is 35.5 Å². The van der Waals surface area contributed by atoms with Gasteiger partial charge in [-0.05, 0) is 17.7 Å². The molecule has 0 unspecified atom stereocenters. The minimum Gasteiger partial charge on any atom is -0.349 e. The number of ether oxygens (including phenoxy) is 2. The molecule has 0 saturated heterocycles. The van der Waals surface area contributed by atoms with Crippen molar-refractivity contribution in [3.8, 4) is 0 Å². The second kappa shape index (κ2) is 5.94. The molecule has 0 amide bonds. The summed E-state index contributed by atoms with van der Waals surface area (Å²) in [4.78, 5) is 11.6. The summed E-state index contributed by atoms with van der Waals surface area (Å²) in [5.74, 6) is -0.849. The van der Waals surface area contributed by atoms with E-state index in [-0.39, 0.29) is 17.8 Å². The Morgan fingerprint density at radius 2 is 2.06 bits per heavy atom. The van der Waals surface area contributed by atoms with Gasteiger partial charge in [-0.1, -0.05) is 17.7 Å². The Bertz CT molecular complexity index is 377. The van der Waals surface area contributed by atoms with Crippen LogP contribution in [0.1, 0.15) is 5.56 Å². The maximum absolute atomic E-state index is 13.4. The molecule has 0 aliphatic carbocycles. The fourth-order valence-electron chi connectivity index (χ4n) is 1.30. The lowest BCUT2D eigenvalue weighted by Gasteiger charge is -2.12. The third-order valence-electron chi connectivity index (χ3n) is 2.07. The average Bonchev–Trinajstić information content (AvgIpc) is 2.24. The minimum atomic E-state index is -0.963. The first-order chi connectivity index (χ1) is 7.58. The first-order valence-corrected chi connectivity index (χ1v) is 4.98. The lowest BCUT2D eigenvalue weighted by Crippen LogP contribution is -2.26. The second-order valence-electron chi connectivity index (χ2n) is 3.18. The van der Waals surface area contributed by atoms with E-state index in [0.29, 0.717) is 5.02 Å². The Kier molecular flexibility index (Phi) is 4.86. The molecule has 0 bridgehead atoms. The quantitative estimate of drug-likeness (QED) is 0.748. The van der Waals surface area contributed by atoms with Crippen molar-refractivity contribution in [1.29, 1.82) is 0 Å². The largest absolute Gasteiger partial charge is 0.349 e. The van der Waals surface area contributed by atoms with Gasteiger partial charge in [0.15, 0.2) is 5.78 Å². The van der Waals surface area contributed by atoms with Gasteiger partial charge in [-0.2, -0.15) is 0 Å². The maximum atomic E-state index is 13.4. The van der Waals surface area contributed by atoms with Crippen molar-refractivity contribution in [1.82, 2.24) is 0 Å². The van der Waals surface area contributed by atoms with Gasteiger partial charge in [-0.25, -0.2) is 4.39 Å².